The topological polar surface area (TPSA) is 40.5 Å². The molecule has 1 aromatic rings. The molecule has 0 heterocycles. The number of allylic oxidation sites excluding steroid dienone is 1. The highest BCUT2D eigenvalue weighted by atomic mass is 19.1. The molecule has 0 radical (unpaired) electrons. The standard InChI is InChI=1S/C32H47FO2/c1-5-32(35)19-18-30(3)22(20-32)11-12-23-26-14-13-25(31(26,4)17-16-27(23)30)21(2)10-15-29(34)24-8-6-7-9-28(24)33/h6-9,11,21,23,25-27,29,34-35H,5,10,12-20H2,1-4H3/t21?,23-,25+,26-,27-,29+,30-,31+,32-/m0/s1. The van der Waals surface area contributed by atoms with Crippen molar-refractivity contribution < 1.29 is 14.6 Å². The van der Waals surface area contributed by atoms with Gasteiger partial charge in [-0.3, -0.25) is 0 Å². The molecule has 0 spiro atoms. The van der Waals surface area contributed by atoms with Gasteiger partial charge in [0.25, 0.3) is 0 Å². The fourth-order valence-corrected chi connectivity index (χ4v) is 9.51. The van der Waals surface area contributed by atoms with Crippen molar-refractivity contribution in [1.29, 1.82) is 0 Å². The molecule has 3 heteroatoms. The third-order valence-electron chi connectivity index (χ3n) is 11.8. The van der Waals surface area contributed by atoms with E-state index < -0.39 is 11.7 Å². The highest BCUT2D eigenvalue weighted by molar-refractivity contribution is 5.27. The molecule has 2 nitrogen and oxygen atoms in total. The summed E-state index contributed by atoms with van der Waals surface area (Å²) in [6, 6.07) is 6.66. The monoisotopic (exact) mass is 482 g/mol. The second kappa shape index (κ2) is 9.28. The molecule has 3 fully saturated rings. The lowest BCUT2D eigenvalue weighted by atomic mass is 9.46. The molecule has 0 saturated heterocycles. The molecule has 4 aliphatic carbocycles. The van der Waals surface area contributed by atoms with E-state index in [-0.39, 0.29) is 11.2 Å². The summed E-state index contributed by atoms with van der Waals surface area (Å²) in [6.45, 7) is 9.61. The summed E-state index contributed by atoms with van der Waals surface area (Å²) < 4.78 is 14.1. The van der Waals surface area contributed by atoms with Crippen molar-refractivity contribution >= 4 is 0 Å². The van der Waals surface area contributed by atoms with Crippen LogP contribution in [0.2, 0.25) is 0 Å². The fourth-order valence-electron chi connectivity index (χ4n) is 9.51. The van der Waals surface area contributed by atoms with Crippen LogP contribution in [0.3, 0.4) is 0 Å². The van der Waals surface area contributed by atoms with Crippen molar-refractivity contribution in [1.82, 2.24) is 0 Å². The minimum absolute atomic E-state index is 0.277. The molecule has 0 amide bonds. The maximum absolute atomic E-state index is 14.1. The average molecular weight is 483 g/mol. The second-order valence-electron chi connectivity index (χ2n) is 13.3. The summed E-state index contributed by atoms with van der Waals surface area (Å²) in [5.41, 5.74) is 2.17. The van der Waals surface area contributed by atoms with Gasteiger partial charge in [-0.05, 0) is 117 Å². The maximum atomic E-state index is 14.1. The minimum Gasteiger partial charge on any atom is -0.390 e. The lowest BCUT2D eigenvalue weighted by Crippen LogP contribution is -2.52. The zero-order valence-electron chi connectivity index (χ0n) is 22.4. The quantitative estimate of drug-likeness (QED) is 0.403. The molecule has 194 valence electrons. The van der Waals surface area contributed by atoms with Crippen molar-refractivity contribution in [3.63, 3.8) is 0 Å². The van der Waals surface area contributed by atoms with Gasteiger partial charge in [-0.2, -0.15) is 0 Å². The summed E-state index contributed by atoms with van der Waals surface area (Å²) in [5, 5.41) is 21.7. The smallest absolute Gasteiger partial charge is 0.128 e. The van der Waals surface area contributed by atoms with E-state index in [0.29, 0.717) is 29.2 Å². The first-order chi connectivity index (χ1) is 16.6. The molecule has 5 rings (SSSR count). The van der Waals surface area contributed by atoms with Gasteiger partial charge in [0.2, 0.25) is 0 Å². The van der Waals surface area contributed by atoms with Crippen molar-refractivity contribution in [2.45, 2.75) is 110 Å². The van der Waals surface area contributed by atoms with Gasteiger partial charge in [0.1, 0.15) is 5.82 Å². The second-order valence-corrected chi connectivity index (χ2v) is 13.3. The normalized spacial score (nSPS) is 42.4. The number of hydrogen-bond acceptors (Lipinski definition) is 2. The molecule has 9 atom stereocenters. The van der Waals surface area contributed by atoms with Gasteiger partial charge >= 0.3 is 0 Å². The van der Waals surface area contributed by atoms with E-state index in [4.69, 9.17) is 0 Å². The predicted molar refractivity (Wildman–Crippen MR) is 140 cm³/mol. The summed E-state index contributed by atoms with van der Waals surface area (Å²) in [5.74, 6) is 3.26. The number of aliphatic hydroxyl groups is 2. The van der Waals surface area contributed by atoms with Crippen LogP contribution in [0.5, 0.6) is 0 Å². The van der Waals surface area contributed by atoms with E-state index >= 15 is 0 Å². The molecule has 1 aromatic carbocycles. The summed E-state index contributed by atoms with van der Waals surface area (Å²) in [7, 11) is 0. The van der Waals surface area contributed by atoms with E-state index in [9.17, 15) is 14.6 Å². The molecule has 3 saturated carbocycles. The van der Waals surface area contributed by atoms with Crippen LogP contribution >= 0.6 is 0 Å². The van der Waals surface area contributed by atoms with E-state index in [2.05, 4.69) is 33.8 Å². The Kier molecular flexibility index (Phi) is 6.75. The largest absolute Gasteiger partial charge is 0.390 e. The number of hydrogen-bond donors (Lipinski definition) is 2. The number of rotatable bonds is 6. The van der Waals surface area contributed by atoms with Crippen LogP contribution in [0.25, 0.3) is 0 Å². The lowest BCUT2D eigenvalue weighted by Gasteiger charge is -2.59. The number of fused-ring (bicyclic) bond motifs is 5. The Morgan fingerprint density at radius 2 is 1.80 bits per heavy atom. The highest BCUT2D eigenvalue weighted by Gasteiger charge is 2.59. The first kappa shape index (κ1) is 25.5. The lowest BCUT2D eigenvalue weighted by molar-refractivity contribution is -0.0757. The van der Waals surface area contributed by atoms with Crippen LogP contribution in [-0.2, 0) is 0 Å². The van der Waals surface area contributed by atoms with E-state index in [1.165, 1.54) is 38.2 Å². The molecule has 0 bridgehead atoms. The predicted octanol–water partition coefficient (Wildman–Crippen LogP) is 8.00. The Labute approximate surface area is 212 Å². The SMILES string of the molecule is CC[C@]1(O)CC[C@@]2(C)C(=CC[C@H]3[C@@H]4CC[C@H](C(C)CC[C@@H](O)c5ccccc5F)[C@@]4(C)CC[C@@H]32)C1. The summed E-state index contributed by atoms with van der Waals surface area (Å²) in [6.07, 6.45) is 13.7. The number of aliphatic hydroxyl groups excluding tert-OH is 1. The zero-order valence-corrected chi connectivity index (χ0v) is 22.4. The van der Waals surface area contributed by atoms with Gasteiger partial charge in [0, 0.05) is 5.56 Å². The minimum atomic E-state index is -0.714. The third-order valence-corrected chi connectivity index (χ3v) is 11.8. The molecule has 1 unspecified atom stereocenters. The zero-order chi connectivity index (χ0) is 25.0. The van der Waals surface area contributed by atoms with Gasteiger partial charge in [0.15, 0.2) is 0 Å². The van der Waals surface area contributed by atoms with Crippen molar-refractivity contribution in [2.75, 3.05) is 0 Å². The van der Waals surface area contributed by atoms with Crippen molar-refractivity contribution in [2.24, 2.45) is 40.4 Å². The summed E-state index contributed by atoms with van der Waals surface area (Å²) >= 11 is 0. The Bertz CT molecular complexity index is 957. The van der Waals surface area contributed by atoms with Crippen LogP contribution in [0, 0.1) is 46.2 Å². The molecule has 4 aliphatic rings. The third kappa shape index (κ3) is 4.23. The Hall–Kier alpha value is -1.19. The van der Waals surface area contributed by atoms with Gasteiger partial charge < -0.3 is 10.2 Å². The van der Waals surface area contributed by atoms with Crippen LogP contribution in [0.4, 0.5) is 4.39 Å². The Morgan fingerprint density at radius 3 is 2.54 bits per heavy atom. The van der Waals surface area contributed by atoms with Crippen LogP contribution in [-0.4, -0.2) is 15.8 Å². The van der Waals surface area contributed by atoms with Crippen molar-refractivity contribution in [3.8, 4) is 0 Å². The van der Waals surface area contributed by atoms with Gasteiger partial charge in [-0.25, -0.2) is 4.39 Å². The summed E-state index contributed by atoms with van der Waals surface area (Å²) in [4.78, 5) is 0. The van der Waals surface area contributed by atoms with E-state index in [1.54, 1.807) is 17.7 Å². The first-order valence-electron chi connectivity index (χ1n) is 14.5. The Balaban J connectivity index is 1.28. The molecule has 35 heavy (non-hydrogen) atoms. The van der Waals surface area contributed by atoms with Gasteiger partial charge in [-0.15, -0.1) is 0 Å². The highest BCUT2D eigenvalue weighted by Crippen LogP contribution is 2.67. The average Bonchev–Trinajstić information content (AvgIpc) is 3.20. The molecular formula is C32H47FO2. The first-order valence-corrected chi connectivity index (χ1v) is 14.5. The maximum Gasteiger partial charge on any atom is 0.128 e. The molecule has 0 aliphatic heterocycles. The van der Waals surface area contributed by atoms with Crippen LogP contribution in [0.15, 0.2) is 35.9 Å². The van der Waals surface area contributed by atoms with Gasteiger partial charge in [-0.1, -0.05) is 57.5 Å². The molecule has 0 aromatic heterocycles. The molecular weight excluding hydrogens is 435 g/mol. The molecule has 2 N–H and O–H groups in total. The Morgan fingerprint density at radius 1 is 1.03 bits per heavy atom. The van der Waals surface area contributed by atoms with Crippen LogP contribution < -0.4 is 0 Å². The van der Waals surface area contributed by atoms with Crippen molar-refractivity contribution in [3.05, 3.63) is 47.3 Å². The fraction of sp³-hybridized carbons (Fsp3) is 0.750. The number of benzene rings is 1. The van der Waals surface area contributed by atoms with E-state index in [1.807, 2.05) is 6.07 Å². The van der Waals surface area contributed by atoms with Crippen LogP contribution in [0.1, 0.15) is 110 Å². The van der Waals surface area contributed by atoms with E-state index in [0.717, 1.165) is 49.9 Å². The number of halogens is 1. The van der Waals surface area contributed by atoms with Gasteiger partial charge in [0.05, 0.1) is 11.7 Å².